The van der Waals surface area contributed by atoms with E-state index in [0.717, 1.165) is 32.0 Å². The summed E-state index contributed by atoms with van der Waals surface area (Å²) in [6.07, 6.45) is 4.88. The zero-order valence-electron chi connectivity index (χ0n) is 7.62. The summed E-state index contributed by atoms with van der Waals surface area (Å²) in [5.74, 6) is 0. The van der Waals surface area contributed by atoms with Gasteiger partial charge in [0.2, 0.25) is 0 Å². The largest absolute Gasteiger partial charge is 0.389 e. The maximum Gasteiger partial charge on any atom is 0.133 e. The quantitative estimate of drug-likeness (QED) is 0.623. The highest BCUT2D eigenvalue weighted by Gasteiger charge is 2.31. The second-order valence-electron chi connectivity index (χ2n) is 3.79. The van der Waals surface area contributed by atoms with Crippen molar-refractivity contribution in [1.29, 1.82) is 0 Å². The van der Waals surface area contributed by atoms with Crippen LogP contribution in [0.15, 0.2) is 0 Å². The van der Waals surface area contributed by atoms with E-state index in [1.54, 1.807) is 0 Å². The van der Waals surface area contributed by atoms with Gasteiger partial charge in [0.05, 0.1) is 12.1 Å². The van der Waals surface area contributed by atoms with Gasteiger partial charge in [-0.15, -0.1) is 0 Å². The zero-order valence-corrected chi connectivity index (χ0v) is 7.62. The number of rotatable bonds is 4. The predicted octanol–water partition coefficient (Wildman–Crippen LogP) is 0.422. The molecule has 0 radical (unpaired) electrons. The second kappa shape index (κ2) is 4.01. The van der Waals surface area contributed by atoms with Crippen LogP contribution in [0.1, 0.15) is 25.7 Å². The van der Waals surface area contributed by atoms with Crippen LogP contribution in [0.3, 0.4) is 0 Å². The first kappa shape index (κ1) is 9.68. The summed E-state index contributed by atoms with van der Waals surface area (Å²) in [6, 6.07) is 0. The molecule has 0 aromatic rings. The van der Waals surface area contributed by atoms with Gasteiger partial charge in [-0.3, -0.25) is 4.90 Å². The van der Waals surface area contributed by atoms with Crippen LogP contribution in [0.2, 0.25) is 0 Å². The van der Waals surface area contributed by atoms with E-state index in [0.29, 0.717) is 13.1 Å². The van der Waals surface area contributed by atoms with Crippen molar-refractivity contribution in [2.45, 2.75) is 31.3 Å². The molecule has 3 nitrogen and oxygen atoms in total. The summed E-state index contributed by atoms with van der Waals surface area (Å²) in [7, 11) is 1.87. The summed E-state index contributed by atoms with van der Waals surface area (Å²) in [6.45, 7) is 1.05. The Morgan fingerprint density at radius 2 is 2.08 bits per heavy atom. The Morgan fingerprint density at radius 3 is 2.58 bits per heavy atom. The lowest BCUT2D eigenvalue weighted by atomic mass is 10.0. The van der Waals surface area contributed by atoms with Gasteiger partial charge in [0.1, 0.15) is 6.29 Å². The first-order valence-electron chi connectivity index (χ1n) is 4.51. The highest BCUT2D eigenvalue weighted by molar-refractivity contribution is 5.51. The molecule has 1 aliphatic rings. The molecule has 12 heavy (non-hydrogen) atoms. The van der Waals surface area contributed by atoms with Gasteiger partial charge >= 0.3 is 0 Å². The van der Waals surface area contributed by atoms with E-state index in [1.807, 2.05) is 11.9 Å². The average Bonchev–Trinajstić information content (AvgIpc) is 2.36. The minimum atomic E-state index is -0.516. The summed E-state index contributed by atoms with van der Waals surface area (Å²) < 4.78 is 0. The van der Waals surface area contributed by atoms with Crippen molar-refractivity contribution in [1.82, 2.24) is 4.90 Å². The fourth-order valence-corrected chi connectivity index (χ4v) is 1.89. The van der Waals surface area contributed by atoms with Gasteiger partial charge in [-0.25, -0.2) is 0 Å². The highest BCUT2D eigenvalue weighted by atomic mass is 16.3. The molecule has 0 atom stereocenters. The number of carbonyl (C=O) groups excluding carboxylic acids is 1. The Bertz CT molecular complexity index is 153. The second-order valence-corrected chi connectivity index (χ2v) is 3.79. The molecule has 0 bridgehead atoms. The van der Waals surface area contributed by atoms with Crippen LogP contribution in [-0.4, -0.2) is 42.0 Å². The van der Waals surface area contributed by atoms with Crippen LogP contribution in [0.25, 0.3) is 0 Å². The Morgan fingerprint density at radius 1 is 1.50 bits per heavy atom. The van der Waals surface area contributed by atoms with Gasteiger partial charge in [0, 0.05) is 6.54 Å². The predicted molar refractivity (Wildman–Crippen MR) is 47.0 cm³/mol. The monoisotopic (exact) mass is 171 g/mol. The molecule has 0 aliphatic heterocycles. The van der Waals surface area contributed by atoms with E-state index in [4.69, 9.17) is 0 Å². The smallest absolute Gasteiger partial charge is 0.133 e. The number of nitrogens with zero attached hydrogens (tertiary/aromatic N) is 1. The summed E-state index contributed by atoms with van der Waals surface area (Å²) in [5.41, 5.74) is -0.516. The molecular formula is C9H17NO2. The maximum absolute atomic E-state index is 10.2. The Balaban J connectivity index is 2.32. The standard InChI is InChI=1S/C9H17NO2/c1-10(6-7-11)8-9(12)4-2-3-5-9/h7,12H,2-6,8H2,1H3. The first-order valence-corrected chi connectivity index (χ1v) is 4.51. The lowest BCUT2D eigenvalue weighted by molar-refractivity contribution is -0.109. The molecule has 3 heteroatoms. The lowest BCUT2D eigenvalue weighted by Crippen LogP contribution is -2.39. The number of hydrogen-bond donors (Lipinski definition) is 1. The van der Waals surface area contributed by atoms with Crippen molar-refractivity contribution in [2.75, 3.05) is 20.1 Å². The molecule has 0 aromatic carbocycles. The summed E-state index contributed by atoms with van der Waals surface area (Å²) in [5, 5.41) is 9.93. The minimum Gasteiger partial charge on any atom is -0.389 e. The van der Waals surface area contributed by atoms with E-state index < -0.39 is 5.60 Å². The molecule has 0 saturated heterocycles. The Kier molecular flexibility index (Phi) is 3.23. The van der Waals surface area contributed by atoms with Crippen LogP contribution in [-0.2, 0) is 4.79 Å². The van der Waals surface area contributed by atoms with Crippen molar-refractivity contribution in [3.8, 4) is 0 Å². The molecule has 0 aromatic heterocycles. The van der Waals surface area contributed by atoms with Crippen LogP contribution in [0.5, 0.6) is 0 Å². The highest BCUT2D eigenvalue weighted by Crippen LogP contribution is 2.29. The van der Waals surface area contributed by atoms with Crippen LogP contribution in [0, 0.1) is 0 Å². The molecular weight excluding hydrogens is 154 g/mol. The number of likely N-dealkylation sites (N-methyl/N-ethyl adjacent to an activating group) is 1. The SMILES string of the molecule is CN(CC=O)CC1(O)CCCC1. The van der Waals surface area contributed by atoms with Crippen LogP contribution < -0.4 is 0 Å². The topological polar surface area (TPSA) is 40.5 Å². The first-order chi connectivity index (χ1) is 5.66. The minimum absolute atomic E-state index is 0.419. The lowest BCUT2D eigenvalue weighted by Gasteiger charge is -2.27. The molecule has 70 valence electrons. The normalized spacial score (nSPS) is 21.6. The fourth-order valence-electron chi connectivity index (χ4n) is 1.89. The third kappa shape index (κ3) is 2.57. The number of carbonyl (C=O) groups is 1. The van der Waals surface area contributed by atoms with Crippen molar-refractivity contribution >= 4 is 6.29 Å². The van der Waals surface area contributed by atoms with E-state index >= 15 is 0 Å². The third-order valence-electron chi connectivity index (χ3n) is 2.48. The molecule has 1 saturated carbocycles. The van der Waals surface area contributed by atoms with Crippen molar-refractivity contribution in [3.63, 3.8) is 0 Å². The van der Waals surface area contributed by atoms with Gasteiger partial charge in [0.15, 0.2) is 0 Å². The molecule has 0 heterocycles. The summed E-state index contributed by atoms with van der Waals surface area (Å²) >= 11 is 0. The molecule has 1 aliphatic carbocycles. The molecule has 1 rings (SSSR count). The molecule has 0 unspecified atom stereocenters. The maximum atomic E-state index is 10.2. The van der Waals surface area contributed by atoms with Gasteiger partial charge in [-0.05, 0) is 19.9 Å². The van der Waals surface area contributed by atoms with Crippen LogP contribution >= 0.6 is 0 Å². The number of hydrogen-bond acceptors (Lipinski definition) is 3. The van der Waals surface area contributed by atoms with E-state index in [9.17, 15) is 9.90 Å². The van der Waals surface area contributed by atoms with Gasteiger partial charge < -0.3 is 9.90 Å². The molecule has 1 N–H and O–H groups in total. The molecule has 0 amide bonds. The Hall–Kier alpha value is -0.410. The van der Waals surface area contributed by atoms with E-state index in [-0.39, 0.29) is 0 Å². The Labute approximate surface area is 73.4 Å². The van der Waals surface area contributed by atoms with Crippen molar-refractivity contribution in [3.05, 3.63) is 0 Å². The number of aldehydes is 1. The van der Waals surface area contributed by atoms with Gasteiger partial charge in [0.25, 0.3) is 0 Å². The average molecular weight is 171 g/mol. The van der Waals surface area contributed by atoms with Crippen molar-refractivity contribution in [2.24, 2.45) is 0 Å². The van der Waals surface area contributed by atoms with Crippen LogP contribution in [0.4, 0.5) is 0 Å². The summed E-state index contributed by atoms with van der Waals surface area (Å²) in [4.78, 5) is 12.0. The van der Waals surface area contributed by atoms with Crippen molar-refractivity contribution < 1.29 is 9.90 Å². The molecule has 0 spiro atoms. The van der Waals surface area contributed by atoms with Gasteiger partial charge in [-0.2, -0.15) is 0 Å². The fraction of sp³-hybridized carbons (Fsp3) is 0.889. The van der Waals surface area contributed by atoms with E-state index in [1.165, 1.54) is 0 Å². The third-order valence-corrected chi connectivity index (χ3v) is 2.48. The number of aliphatic hydroxyl groups is 1. The van der Waals surface area contributed by atoms with Gasteiger partial charge in [-0.1, -0.05) is 12.8 Å². The zero-order chi connectivity index (χ0) is 9.03. The molecule has 1 fully saturated rings. The van der Waals surface area contributed by atoms with E-state index in [2.05, 4.69) is 0 Å².